The summed E-state index contributed by atoms with van der Waals surface area (Å²) in [6.07, 6.45) is 0. The molecule has 0 unspecified atom stereocenters. The first-order valence-corrected chi connectivity index (χ1v) is 12.1. The Balaban J connectivity index is 1.92. The van der Waals surface area contributed by atoms with Crippen LogP contribution in [-0.4, -0.2) is 26.6 Å². The smallest absolute Gasteiger partial charge is 0.264 e. The largest absolute Gasteiger partial charge is 0.271 e. The molecule has 1 heterocycles. The van der Waals surface area contributed by atoms with Gasteiger partial charge < -0.3 is 0 Å². The van der Waals surface area contributed by atoms with Gasteiger partial charge in [0.05, 0.1) is 16.3 Å². The summed E-state index contributed by atoms with van der Waals surface area (Å²) >= 11 is 7.41. The minimum Gasteiger partial charge on any atom is -0.271 e. The van der Waals surface area contributed by atoms with Gasteiger partial charge in [-0.15, -0.1) is 11.3 Å². The van der Waals surface area contributed by atoms with E-state index in [0.29, 0.717) is 16.4 Å². The zero-order valence-corrected chi connectivity index (χ0v) is 19.7. The average molecular weight is 476 g/mol. The first-order chi connectivity index (χ1) is 14.7. The minimum atomic E-state index is -4.01. The number of sulfonamides is 1. The number of nitrogens with one attached hydrogen (secondary N) is 1. The molecule has 0 saturated heterocycles. The van der Waals surface area contributed by atoms with E-state index in [1.807, 2.05) is 37.4 Å². The van der Waals surface area contributed by atoms with Crippen molar-refractivity contribution in [2.24, 2.45) is 5.10 Å². The second kappa shape index (κ2) is 9.64. The van der Waals surface area contributed by atoms with Gasteiger partial charge in [-0.1, -0.05) is 23.7 Å². The monoisotopic (exact) mass is 475 g/mol. The van der Waals surface area contributed by atoms with E-state index in [-0.39, 0.29) is 4.90 Å². The Kier molecular flexibility index (Phi) is 7.15. The van der Waals surface area contributed by atoms with Crippen LogP contribution in [0.25, 0.3) is 0 Å². The van der Waals surface area contributed by atoms with Crippen molar-refractivity contribution < 1.29 is 13.2 Å². The number of hydrogen-bond donors (Lipinski definition) is 1. The molecule has 0 spiro atoms. The predicted octanol–water partition coefficient (Wildman–Crippen LogP) is 4.75. The Hall–Kier alpha value is -2.68. The second-order valence-corrected chi connectivity index (χ2v) is 10.2. The van der Waals surface area contributed by atoms with Gasteiger partial charge in [-0.05, 0) is 79.7 Å². The number of halogens is 1. The van der Waals surface area contributed by atoms with Crippen LogP contribution in [0.4, 0.5) is 5.69 Å². The van der Waals surface area contributed by atoms with Crippen LogP contribution in [0.1, 0.15) is 22.9 Å². The van der Waals surface area contributed by atoms with Crippen molar-refractivity contribution in [1.29, 1.82) is 0 Å². The third-order valence-electron chi connectivity index (χ3n) is 4.69. The van der Waals surface area contributed by atoms with Gasteiger partial charge in [0.15, 0.2) is 0 Å². The number of carbonyl (C=O) groups is 1. The zero-order chi connectivity index (χ0) is 22.6. The lowest BCUT2D eigenvalue weighted by Gasteiger charge is -2.24. The number of amides is 1. The third-order valence-corrected chi connectivity index (χ3v) is 7.71. The molecule has 1 amide bonds. The highest BCUT2D eigenvalue weighted by Gasteiger charge is 2.27. The molecule has 0 aliphatic rings. The number of thiophene rings is 1. The van der Waals surface area contributed by atoms with Gasteiger partial charge in [0.25, 0.3) is 15.9 Å². The normalized spacial score (nSPS) is 11.9. The van der Waals surface area contributed by atoms with Crippen molar-refractivity contribution in [3.63, 3.8) is 0 Å². The van der Waals surface area contributed by atoms with Crippen molar-refractivity contribution in [3.8, 4) is 0 Å². The van der Waals surface area contributed by atoms with Crippen molar-refractivity contribution >= 4 is 50.3 Å². The average Bonchev–Trinajstić information content (AvgIpc) is 3.27. The van der Waals surface area contributed by atoms with E-state index in [2.05, 4.69) is 10.5 Å². The number of benzene rings is 2. The van der Waals surface area contributed by atoms with E-state index in [1.165, 1.54) is 35.6 Å². The van der Waals surface area contributed by atoms with E-state index in [1.54, 1.807) is 19.1 Å². The van der Waals surface area contributed by atoms with E-state index in [0.717, 1.165) is 20.3 Å². The predicted molar refractivity (Wildman–Crippen MR) is 127 cm³/mol. The number of hydrazone groups is 1. The van der Waals surface area contributed by atoms with Crippen molar-refractivity contribution in [2.75, 3.05) is 10.8 Å². The summed E-state index contributed by atoms with van der Waals surface area (Å²) in [6.45, 7) is 5.18. The lowest BCUT2D eigenvalue weighted by atomic mass is 10.1. The Morgan fingerprint density at radius 2 is 1.81 bits per heavy atom. The van der Waals surface area contributed by atoms with Gasteiger partial charge in [-0.3, -0.25) is 9.10 Å². The quantitative estimate of drug-likeness (QED) is 0.395. The van der Waals surface area contributed by atoms with Crippen LogP contribution in [-0.2, 0) is 14.8 Å². The molecule has 6 nitrogen and oxygen atoms in total. The van der Waals surface area contributed by atoms with Crippen LogP contribution >= 0.6 is 22.9 Å². The first-order valence-electron chi connectivity index (χ1n) is 9.41. The molecule has 0 aliphatic carbocycles. The highest BCUT2D eigenvalue weighted by atomic mass is 35.5. The van der Waals surface area contributed by atoms with Gasteiger partial charge in [-0.2, -0.15) is 5.10 Å². The number of nitrogens with zero attached hydrogens (tertiary/aromatic N) is 2. The molecule has 0 radical (unpaired) electrons. The molecular formula is C22H22ClN3O3S2. The molecule has 162 valence electrons. The highest BCUT2D eigenvalue weighted by molar-refractivity contribution is 7.92. The van der Waals surface area contributed by atoms with Crippen LogP contribution in [0.15, 0.2) is 70.0 Å². The maximum absolute atomic E-state index is 13.4. The summed E-state index contributed by atoms with van der Waals surface area (Å²) in [7, 11) is -4.01. The fourth-order valence-electron chi connectivity index (χ4n) is 2.78. The van der Waals surface area contributed by atoms with E-state index >= 15 is 0 Å². The van der Waals surface area contributed by atoms with Crippen LogP contribution in [0, 0.1) is 13.8 Å². The first kappa shape index (κ1) is 23.0. The van der Waals surface area contributed by atoms with Crippen LogP contribution in [0.5, 0.6) is 0 Å². The summed E-state index contributed by atoms with van der Waals surface area (Å²) in [4.78, 5) is 13.6. The molecule has 2 aromatic carbocycles. The summed E-state index contributed by atoms with van der Waals surface area (Å²) in [5.41, 5.74) is 5.43. The Bertz CT molecular complexity index is 1210. The number of anilines is 1. The summed E-state index contributed by atoms with van der Waals surface area (Å²) in [6, 6.07) is 14.9. The number of aryl methyl sites for hydroxylation is 2. The lowest BCUT2D eigenvalue weighted by molar-refractivity contribution is -0.119. The van der Waals surface area contributed by atoms with Crippen LogP contribution in [0.2, 0.25) is 5.02 Å². The number of hydrogen-bond acceptors (Lipinski definition) is 5. The SMILES string of the molecule is C/C(=N/NC(=O)CN(c1ccc(C)c(C)c1)S(=O)(=O)c1ccc(Cl)cc1)c1cccs1. The van der Waals surface area contributed by atoms with E-state index in [4.69, 9.17) is 11.6 Å². The molecule has 0 saturated carbocycles. The molecular weight excluding hydrogens is 454 g/mol. The molecule has 0 aliphatic heterocycles. The van der Waals surface area contributed by atoms with Gasteiger partial charge in [0.1, 0.15) is 6.54 Å². The van der Waals surface area contributed by atoms with Gasteiger partial charge in [-0.25, -0.2) is 13.8 Å². The third kappa shape index (κ3) is 5.52. The maximum atomic E-state index is 13.4. The standard InChI is InChI=1S/C22H22ClN3O3S2/c1-15-6-9-19(13-16(15)2)26(31(28,29)20-10-7-18(23)8-11-20)14-22(27)25-24-17(3)21-5-4-12-30-21/h4-13H,14H2,1-3H3,(H,25,27)/b24-17-. The van der Waals surface area contributed by atoms with Crippen LogP contribution in [0.3, 0.4) is 0 Å². The number of carbonyl (C=O) groups excluding carboxylic acids is 1. The summed E-state index contributed by atoms with van der Waals surface area (Å²) < 4.78 is 27.8. The highest BCUT2D eigenvalue weighted by Crippen LogP contribution is 2.26. The second-order valence-electron chi connectivity index (χ2n) is 6.94. The molecule has 31 heavy (non-hydrogen) atoms. The molecule has 9 heteroatoms. The Morgan fingerprint density at radius 3 is 2.42 bits per heavy atom. The Morgan fingerprint density at radius 1 is 1.10 bits per heavy atom. The maximum Gasteiger partial charge on any atom is 0.264 e. The van der Waals surface area contributed by atoms with Crippen molar-refractivity contribution in [1.82, 2.24) is 5.43 Å². The van der Waals surface area contributed by atoms with Gasteiger partial charge >= 0.3 is 0 Å². The van der Waals surface area contributed by atoms with E-state index in [9.17, 15) is 13.2 Å². The van der Waals surface area contributed by atoms with E-state index < -0.39 is 22.5 Å². The van der Waals surface area contributed by atoms with Crippen molar-refractivity contribution in [2.45, 2.75) is 25.7 Å². The molecule has 3 aromatic rings. The molecule has 0 atom stereocenters. The molecule has 3 rings (SSSR count). The van der Waals surface area contributed by atoms with Crippen LogP contribution < -0.4 is 9.73 Å². The van der Waals surface area contributed by atoms with Gasteiger partial charge in [0.2, 0.25) is 0 Å². The number of rotatable bonds is 7. The summed E-state index contributed by atoms with van der Waals surface area (Å²) in [5, 5.41) is 6.44. The zero-order valence-electron chi connectivity index (χ0n) is 17.3. The Labute approximate surface area is 191 Å². The molecule has 0 bridgehead atoms. The fourth-order valence-corrected chi connectivity index (χ4v) is 5.00. The van der Waals surface area contributed by atoms with Crippen molar-refractivity contribution in [3.05, 3.63) is 81.0 Å². The summed E-state index contributed by atoms with van der Waals surface area (Å²) in [5.74, 6) is -0.549. The molecule has 1 aromatic heterocycles. The molecule has 1 N–H and O–H groups in total. The van der Waals surface area contributed by atoms with Gasteiger partial charge in [0, 0.05) is 9.90 Å². The topological polar surface area (TPSA) is 78.8 Å². The lowest BCUT2D eigenvalue weighted by Crippen LogP contribution is -2.39. The fraction of sp³-hybridized carbons (Fsp3) is 0.182. The minimum absolute atomic E-state index is 0.0428. The molecule has 0 fully saturated rings.